The minimum absolute atomic E-state index is 0.191. The third kappa shape index (κ3) is 5.08. The zero-order valence-electron chi connectivity index (χ0n) is 16.7. The average molecular weight is 391 g/mol. The van der Waals surface area contributed by atoms with Crippen molar-refractivity contribution in [3.8, 4) is 0 Å². The van der Waals surface area contributed by atoms with E-state index in [1.54, 1.807) is 30.3 Å². The van der Waals surface area contributed by atoms with E-state index in [-0.39, 0.29) is 16.4 Å². The van der Waals surface area contributed by atoms with Crippen LogP contribution in [0.3, 0.4) is 0 Å². The number of Topliss-reactive ketones (excluding diaryl/α,β-unsaturated/α-hetero) is 1. The summed E-state index contributed by atoms with van der Waals surface area (Å²) < 4.78 is 27.2. The highest BCUT2D eigenvalue weighted by Crippen LogP contribution is 2.21. The zero-order chi connectivity index (χ0) is 20.0. The molecule has 0 aliphatic heterocycles. The molecule has 0 amide bonds. The van der Waals surface area contributed by atoms with Crippen LogP contribution in [0.2, 0.25) is 0 Å². The van der Waals surface area contributed by atoms with Crippen molar-refractivity contribution in [1.82, 2.24) is 8.87 Å². The van der Waals surface area contributed by atoms with Crippen molar-refractivity contribution >= 4 is 15.8 Å². The van der Waals surface area contributed by atoms with Gasteiger partial charge < -0.3 is 4.90 Å². The lowest BCUT2D eigenvalue weighted by Crippen LogP contribution is -2.28. The van der Waals surface area contributed by atoms with Crippen molar-refractivity contribution in [3.63, 3.8) is 0 Å². The van der Waals surface area contributed by atoms with Gasteiger partial charge in [-0.3, -0.25) is 4.79 Å². The van der Waals surface area contributed by atoms with E-state index < -0.39 is 10.0 Å². The first-order valence-corrected chi connectivity index (χ1v) is 11.0. The van der Waals surface area contributed by atoms with Crippen molar-refractivity contribution in [2.45, 2.75) is 51.9 Å². The van der Waals surface area contributed by atoms with E-state index in [0.29, 0.717) is 6.42 Å². The van der Waals surface area contributed by atoms with E-state index >= 15 is 0 Å². The van der Waals surface area contributed by atoms with E-state index in [2.05, 4.69) is 18.7 Å². The van der Waals surface area contributed by atoms with Crippen LogP contribution in [0.5, 0.6) is 0 Å². The molecule has 0 spiro atoms. The molecular weight excluding hydrogens is 360 g/mol. The highest BCUT2D eigenvalue weighted by Gasteiger charge is 2.24. The number of carbonyl (C=O) groups is 1. The van der Waals surface area contributed by atoms with Crippen molar-refractivity contribution in [1.29, 1.82) is 0 Å². The van der Waals surface area contributed by atoms with Crippen molar-refractivity contribution in [2.24, 2.45) is 0 Å². The van der Waals surface area contributed by atoms with Crippen molar-refractivity contribution in [3.05, 3.63) is 53.3 Å². The predicted molar refractivity (Wildman–Crippen MR) is 109 cm³/mol. The molecule has 148 valence electrons. The standard InChI is InChI=1S/C21H30N2O3S/c1-5-13-22(14-6-2)15-11-19-12-16-23(21(19)18(4)24)27(25,26)20-9-7-17(3)8-10-20/h7-10,12,16H,5-6,11,13-15H2,1-4H3. The first kappa shape index (κ1) is 21.4. The van der Waals surface area contributed by atoms with Gasteiger partial charge in [0.15, 0.2) is 5.78 Å². The number of benzene rings is 1. The summed E-state index contributed by atoms with van der Waals surface area (Å²) in [7, 11) is -3.79. The number of aryl methyl sites for hydroxylation is 1. The Bertz CT molecular complexity index is 861. The van der Waals surface area contributed by atoms with Gasteiger partial charge in [-0.15, -0.1) is 0 Å². The molecule has 27 heavy (non-hydrogen) atoms. The van der Waals surface area contributed by atoms with Gasteiger partial charge in [0.05, 0.1) is 4.90 Å². The third-order valence-electron chi connectivity index (χ3n) is 4.62. The molecule has 0 N–H and O–H groups in total. The molecule has 5 nitrogen and oxygen atoms in total. The SMILES string of the molecule is CCCN(CCC)CCc1ccn(S(=O)(=O)c2ccc(C)cc2)c1C(C)=O. The summed E-state index contributed by atoms with van der Waals surface area (Å²) in [5, 5.41) is 0. The lowest BCUT2D eigenvalue weighted by Gasteiger charge is -2.20. The second kappa shape index (κ2) is 9.33. The molecule has 0 bridgehead atoms. The quantitative estimate of drug-likeness (QED) is 0.577. The van der Waals surface area contributed by atoms with Gasteiger partial charge in [0, 0.05) is 19.7 Å². The molecule has 0 atom stereocenters. The fourth-order valence-corrected chi connectivity index (χ4v) is 4.72. The minimum Gasteiger partial charge on any atom is -0.303 e. The molecule has 0 fully saturated rings. The topological polar surface area (TPSA) is 59.4 Å². The maximum absolute atomic E-state index is 13.0. The van der Waals surface area contributed by atoms with E-state index in [1.165, 1.54) is 13.1 Å². The van der Waals surface area contributed by atoms with Crippen molar-refractivity contribution in [2.75, 3.05) is 19.6 Å². The van der Waals surface area contributed by atoms with E-state index in [4.69, 9.17) is 0 Å². The van der Waals surface area contributed by atoms with E-state index in [0.717, 1.165) is 47.6 Å². The Morgan fingerprint density at radius 2 is 1.59 bits per heavy atom. The number of aromatic nitrogens is 1. The molecule has 2 rings (SSSR count). The fourth-order valence-electron chi connectivity index (χ4n) is 3.31. The van der Waals surface area contributed by atoms with E-state index in [1.807, 2.05) is 6.92 Å². The normalized spacial score (nSPS) is 11.9. The lowest BCUT2D eigenvalue weighted by atomic mass is 10.1. The van der Waals surface area contributed by atoms with Crippen LogP contribution in [-0.2, 0) is 16.4 Å². The summed E-state index contributed by atoms with van der Waals surface area (Å²) in [6.07, 6.45) is 4.31. The predicted octanol–water partition coefficient (Wildman–Crippen LogP) is 3.90. The Labute approximate surface area is 163 Å². The molecule has 0 radical (unpaired) electrons. The van der Waals surface area contributed by atoms with Crippen LogP contribution < -0.4 is 0 Å². The molecule has 1 aromatic heterocycles. The van der Waals surface area contributed by atoms with Crippen LogP contribution >= 0.6 is 0 Å². The average Bonchev–Trinajstić information content (AvgIpc) is 3.05. The Morgan fingerprint density at radius 3 is 2.11 bits per heavy atom. The summed E-state index contributed by atoms with van der Waals surface area (Å²) in [5.41, 5.74) is 2.04. The van der Waals surface area contributed by atoms with Gasteiger partial charge in [0.2, 0.25) is 0 Å². The maximum Gasteiger partial charge on any atom is 0.268 e. The van der Waals surface area contributed by atoms with Gasteiger partial charge in [-0.25, -0.2) is 12.4 Å². The molecular formula is C21H30N2O3S. The van der Waals surface area contributed by atoms with Gasteiger partial charge in [0.25, 0.3) is 10.0 Å². The third-order valence-corrected chi connectivity index (χ3v) is 6.31. The Morgan fingerprint density at radius 1 is 1.00 bits per heavy atom. The molecule has 2 aromatic rings. The molecule has 1 heterocycles. The number of carbonyl (C=O) groups excluding carboxylic acids is 1. The van der Waals surface area contributed by atoms with Gasteiger partial charge >= 0.3 is 0 Å². The summed E-state index contributed by atoms with van der Waals surface area (Å²) in [6.45, 7) is 10.5. The van der Waals surface area contributed by atoms with Gasteiger partial charge in [-0.05, 0) is 63.0 Å². The first-order chi connectivity index (χ1) is 12.8. The summed E-state index contributed by atoms with van der Waals surface area (Å²) >= 11 is 0. The maximum atomic E-state index is 13.0. The van der Waals surface area contributed by atoms with Crippen LogP contribution in [-0.4, -0.2) is 42.7 Å². The molecule has 0 aliphatic carbocycles. The van der Waals surface area contributed by atoms with Crippen LogP contribution in [0.25, 0.3) is 0 Å². The molecule has 0 saturated carbocycles. The number of rotatable bonds is 10. The fraction of sp³-hybridized carbons (Fsp3) is 0.476. The largest absolute Gasteiger partial charge is 0.303 e. The minimum atomic E-state index is -3.79. The molecule has 6 heteroatoms. The lowest BCUT2D eigenvalue weighted by molar-refractivity contribution is 0.101. The molecule has 0 aliphatic rings. The Kier molecular flexibility index (Phi) is 7.39. The smallest absolute Gasteiger partial charge is 0.268 e. The highest BCUT2D eigenvalue weighted by molar-refractivity contribution is 7.90. The van der Waals surface area contributed by atoms with Crippen LogP contribution in [0, 0.1) is 6.92 Å². The monoisotopic (exact) mass is 390 g/mol. The first-order valence-electron chi connectivity index (χ1n) is 9.57. The van der Waals surface area contributed by atoms with Crippen LogP contribution in [0.4, 0.5) is 0 Å². The molecule has 0 unspecified atom stereocenters. The van der Waals surface area contributed by atoms with Crippen LogP contribution in [0.1, 0.15) is 55.2 Å². The van der Waals surface area contributed by atoms with Gasteiger partial charge in [-0.1, -0.05) is 31.5 Å². The summed E-state index contributed by atoms with van der Waals surface area (Å²) in [6, 6.07) is 8.45. The number of hydrogen-bond acceptors (Lipinski definition) is 4. The van der Waals surface area contributed by atoms with Gasteiger partial charge in [0.1, 0.15) is 5.69 Å². The number of nitrogens with zero attached hydrogens (tertiary/aromatic N) is 2. The number of ketones is 1. The summed E-state index contributed by atoms with van der Waals surface area (Å²) in [4.78, 5) is 14.8. The second-order valence-corrected chi connectivity index (χ2v) is 8.77. The summed E-state index contributed by atoms with van der Waals surface area (Å²) in [5.74, 6) is -0.233. The van der Waals surface area contributed by atoms with Crippen molar-refractivity contribution < 1.29 is 13.2 Å². The second-order valence-electron chi connectivity index (χ2n) is 6.95. The molecule has 1 aromatic carbocycles. The Balaban J connectivity index is 2.34. The zero-order valence-corrected chi connectivity index (χ0v) is 17.6. The van der Waals surface area contributed by atoms with E-state index in [9.17, 15) is 13.2 Å². The number of hydrogen-bond donors (Lipinski definition) is 0. The van der Waals surface area contributed by atoms with Gasteiger partial charge in [-0.2, -0.15) is 0 Å². The Hall–Kier alpha value is -1.92. The van der Waals surface area contributed by atoms with Crippen LogP contribution in [0.15, 0.2) is 41.4 Å². The molecule has 0 saturated heterocycles. The highest BCUT2D eigenvalue weighted by atomic mass is 32.2.